The Kier molecular flexibility index (Phi) is 7.97. The number of hydrogen-bond acceptors (Lipinski definition) is 8. The van der Waals surface area contributed by atoms with Crippen LogP contribution in [0, 0.1) is 12.7 Å². The molecule has 2 aromatic rings. The maximum Gasteiger partial charge on any atom is 0.251 e. The number of nitrogens with two attached hydrogens (primary N) is 1. The van der Waals surface area contributed by atoms with Crippen molar-refractivity contribution in [3.05, 3.63) is 71.3 Å². The highest BCUT2D eigenvalue weighted by Gasteiger charge is 2.32. The number of hydrogen-bond donors (Lipinski definition) is 3. The highest BCUT2D eigenvalue weighted by Crippen LogP contribution is 2.31. The number of fused-ring (bicyclic) bond motifs is 1. The van der Waals surface area contributed by atoms with Crippen LogP contribution in [0.3, 0.4) is 0 Å². The molecule has 2 aliphatic heterocycles. The molecule has 0 radical (unpaired) electrons. The number of benzene rings is 2. The summed E-state index contributed by atoms with van der Waals surface area (Å²) in [5.41, 5.74) is 8.62. The Labute approximate surface area is 210 Å². The highest BCUT2D eigenvalue weighted by atomic mass is 19.1. The van der Waals surface area contributed by atoms with Crippen LogP contribution in [0.25, 0.3) is 0 Å². The largest absolute Gasteiger partial charge is 0.494 e. The zero-order valence-corrected chi connectivity index (χ0v) is 20.8. The number of nitrogens with zero attached hydrogens (tertiary/aromatic N) is 4. The Balaban J connectivity index is 1.40. The Bertz CT molecular complexity index is 1210. The fourth-order valence-electron chi connectivity index (χ4n) is 4.26. The number of ether oxygens (including phenoxy) is 1. The van der Waals surface area contributed by atoms with Gasteiger partial charge >= 0.3 is 0 Å². The lowest BCUT2D eigenvalue weighted by molar-refractivity contribution is 0.0949. The first-order valence-corrected chi connectivity index (χ1v) is 11.9. The molecule has 2 aliphatic rings. The highest BCUT2D eigenvalue weighted by molar-refractivity contribution is 6.45. The van der Waals surface area contributed by atoms with Crippen LogP contribution in [0.15, 0.2) is 58.8 Å². The monoisotopic (exact) mass is 493 g/mol. The summed E-state index contributed by atoms with van der Waals surface area (Å²) in [6.07, 6.45) is 3.53. The van der Waals surface area contributed by atoms with Crippen LogP contribution in [-0.4, -0.2) is 74.3 Å². The van der Waals surface area contributed by atoms with Gasteiger partial charge in [-0.3, -0.25) is 9.79 Å². The summed E-state index contributed by atoms with van der Waals surface area (Å²) in [6, 6.07) is 10.4. The average Bonchev–Trinajstić information content (AvgIpc) is 3.29. The Morgan fingerprint density at radius 2 is 2.11 bits per heavy atom. The average molecular weight is 494 g/mol. The van der Waals surface area contributed by atoms with Gasteiger partial charge in [0.05, 0.1) is 19.7 Å². The molecule has 0 bridgehead atoms. The van der Waals surface area contributed by atoms with E-state index in [0.29, 0.717) is 36.9 Å². The number of nitrogens with one attached hydrogen (secondary N) is 2. The van der Waals surface area contributed by atoms with Crippen molar-refractivity contribution in [1.82, 2.24) is 15.1 Å². The molecule has 2 aromatic carbocycles. The topological polar surface area (TPSA) is 108 Å². The zero-order chi connectivity index (χ0) is 25.7. The van der Waals surface area contributed by atoms with E-state index in [1.807, 2.05) is 43.3 Å². The molecule has 2 heterocycles. The van der Waals surface area contributed by atoms with Gasteiger partial charge in [-0.15, -0.1) is 0 Å². The standard InChI is InChI=1S/C26H32FN7O2/c1-17-14-19(5-6-20(17)26(35)30-9-12-33(2)11-8-28)32-24-25-31-16-22(34(25)13-10-29-24)18-4-7-23(36-3)21(27)15-18/h4-7,10,13-15,22H,8-9,11-12,16,28H2,1-3H3,(H,29,32)(H,30,35). The second-order valence-corrected chi connectivity index (χ2v) is 8.76. The third-order valence-electron chi connectivity index (χ3n) is 6.22. The van der Waals surface area contributed by atoms with E-state index in [4.69, 9.17) is 10.5 Å². The van der Waals surface area contributed by atoms with E-state index >= 15 is 0 Å². The number of halogens is 1. The summed E-state index contributed by atoms with van der Waals surface area (Å²) >= 11 is 0. The van der Waals surface area contributed by atoms with Crippen LogP contribution in [0.4, 0.5) is 10.1 Å². The van der Waals surface area contributed by atoms with Gasteiger partial charge in [0.25, 0.3) is 5.91 Å². The first kappa shape index (κ1) is 25.3. The summed E-state index contributed by atoms with van der Waals surface area (Å²) in [6.45, 7) is 5.03. The van der Waals surface area contributed by atoms with Gasteiger partial charge < -0.3 is 30.9 Å². The van der Waals surface area contributed by atoms with E-state index in [0.717, 1.165) is 29.9 Å². The molecule has 1 unspecified atom stereocenters. The lowest BCUT2D eigenvalue weighted by Crippen LogP contribution is -2.37. The third-order valence-corrected chi connectivity index (χ3v) is 6.22. The molecule has 0 saturated carbocycles. The van der Waals surface area contributed by atoms with Crippen LogP contribution in [0.5, 0.6) is 5.75 Å². The number of amides is 1. The number of aliphatic imine (C=N–C) groups is 2. The van der Waals surface area contributed by atoms with Crippen LogP contribution in [0.2, 0.25) is 0 Å². The maximum absolute atomic E-state index is 14.3. The van der Waals surface area contributed by atoms with Gasteiger partial charge in [-0.05, 0) is 55.4 Å². The molecule has 0 aromatic heterocycles. The van der Waals surface area contributed by atoms with Crippen molar-refractivity contribution in [2.24, 2.45) is 15.7 Å². The molecular weight excluding hydrogens is 461 g/mol. The Morgan fingerprint density at radius 3 is 2.83 bits per heavy atom. The summed E-state index contributed by atoms with van der Waals surface area (Å²) in [5, 5.41) is 6.27. The molecule has 0 spiro atoms. The minimum atomic E-state index is -0.404. The quantitative estimate of drug-likeness (QED) is 0.496. The van der Waals surface area contributed by atoms with E-state index in [9.17, 15) is 9.18 Å². The number of methoxy groups -OCH3 is 1. The molecule has 4 rings (SSSR count). The van der Waals surface area contributed by atoms with Gasteiger partial charge in [-0.2, -0.15) is 0 Å². The maximum atomic E-state index is 14.3. The predicted molar refractivity (Wildman–Crippen MR) is 140 cm³/mol. The van der Waals surface area contributed by atoms with Crippen molar-refractivity contribution in [2.45, 2.75) is 13.0 Å². The Hall–Kier alpha value is -3.76. The molecule has 10 heteroatoms. The van der Waals surface area contributed by atoms with E-state index < -0.39 is 5.82 Å². The van der Waals surface area contributed by atoms with Gasteiger partial charge in [0, 0.05) is 49.8 Å². The molecule has 36 heavy (non-hydrogen) atoms. The predicted octanol–water partition coefficient (Wildman–Crippen LogP) is 2.51. The number of anilines is 1. The Morgan fingerprint density at radius 1 is 1.28 bits per heavy atom. The first-order chi connectivity index (χ1) is 17.4. The fraction of sp³-hybridized carbons (Fsp3) is 0.346. The molecule has 9 nitrogen and oxygen atoms in total. The van der Waals surface area contributed by atoms with Crippen molar-refractivity contribution in [3.8, 4) is 5.75 Å². The summed E-state index contributed by atoms with van der Waals surface area (Å²) < 4.78 is 19.3. The molecule has 0 aliphatic carbocycles. The molecular formula is C26H32FN7O2. The fourth-order valence-corrected chi connectivity index (χ4v) is 4.26. The van der Waals surface area contributed by atoms with E-state index in [-0.39, 0.29) is 17.7 Å². The molecule has 190 valence electrons. The van der Waals surface area contributed by atoms with Crippen molar-refractivity contribution in [3.63, 3.8) is 0 Å². The summed E-state index contributed by atoms with van der Waals surface area (Å²) in [5.74, 6) is 0.966. The van der Waals surface area contributed by atoms with Crippen LogP contribution < -0.4 is 21.1 Å². The van der Waals surface area contributed by atoms with Crippen molar-refractivity contribution >= 4 is 23.3 Å². The molecule has 1 amide bonds. The van der Waals surface area contributed by atoms with Gasteiger partial charge in [0.2, 0.25) is 0 Å². The number of likely N-dealkylation sites (N-methyl/N-ethyl adjacent to an activating group) is 1. The zero-order valence-electron chi connectivity index (χ0n) is 20.8. The van der Waals surface area contributed by atoms with E-state index in [1.165, 1.54) is 13.2 Å². The molecule has 4 N–H and O–H groups in total. The van der Waals surface area contributed by atoms with Gasteiger partial charge in [-0.25, -0.2) is 9.38 Å². The SMILES string of the molecule is COc1ccc(C2CN=C3C(Nc4ccc(C(=O)NCCN(C)CCN)c(C)c4)=NC=CN32)cc1F. The summed E-state index contributed by atoms with van der Waals surface area (Å²) in [7, 11) is 3.42. The lowest BCUT2D eigenvalue weighted by Gasteiger charge is -2.27. The lowest BCUT2D eigenvalue weighted by atomic mass is 10.1. The van der Waals surface area contributed by atoms with Crippen molar-refractivity contribution in [2.75, 3.05) is 52.2 Å². The number of carbonyl (C=O) groups excluding carboxylic acids is 1. The molecule has 0 fully saturated rings. The van der Waals surface area contributed by atoms with E-state index in [2.05, 4.69) is 25.5 Å². The van der Waals surface area contributed by atoms with Crippen LogP contribution in [0.1, 0.15) is 27.5 Å². The first-order valence-electron chi connectivity index (χ1n) is 11.9. The normalized spacial score (nSPS) is 16.5. The second-order valence-electron chi connectivity index (χ2n) is 8.76. The van der Waals surface area contributed by atoms with Gasteiger partial charge in [-0.1, -0.05) is 6.07 Å². The number of amidine groups is 2. The number of rotatable bonds is 9. The van der Waals surface area contributed by atoms with Crippen molar-refractivity contribution in [1.29, 1.82) is 0 Å². The summed E-state index contributed by atoms with van der Waals surface area (Å²) in [4.78, 5) is 25.8. The van der Waals surface area contributed by atoms with Crippen molar-refractivity contribution < 1.29 is 13.9 Å². The smallest absolute Gasteiger partial charge is 0.251 e. The molecule has 0 saturated heterocycles. The van der Waals surface area contributed by atoms with Gasteiger partial charge in [0.15, 0.2) is 23.2 Å². The minimum Gasteiger partial charge on any atom is -0.494 e. The second kappa shape index (κ2) is 11.3. The van der Waals surface area contributed by atoms with Crippen LogP contribution in [-0.2, 0) is 0 Å². The van der Waals surface area contributed by atoms with Crippen LogP contribution >= 0.6 is 0 Å². The van der Waals surface area contributed by atoms with Gasteiger partial charge in [0.1, 0.15) is 0 Å². The van der Waals surface area contributed by atoms with E-state index in [1.54, 1.807) is 18.3 Å². The number of carbonyl (C=O) groups is 1. The minimum absolute atomic E-state index is 0.112. The number of aryl methyl sites for hydroxylation is 1. The molecule has 1 atom stereocenters. The third kappa shape index (κ3) is 5.55.